The molecule has 0 radical (unpaired) electrons. The predicted molar refractivity (Wildman–Crippen MR) is 100 cm³/mol. The Kier molecular flexibility index (Phi) is 6.51. The molecule has 0 spiro atoms. The molecule has 140 valence electrons. The SMILES string of the molecule is CCN(C)CC(O)CN1CCC(Oc2cccnc2N2CCCC2)C1. The minimum atomic E-state index is -0.303. The quantitative estimate of drug-likeness (QED) is 0.767. The molecule has 6 heteroatoms. The predicted octanol–water partition coefficient (Wildman–Crippen LogP) is 1.45. The first kappa shape index (κ1) is 18.4. The molecule has 0 aliphatic carbocycles. The molecule has 2 aliphatic heterocycles. The number of aliphatic hydroxyl groups is 1. The van der Waals surface area contributed by atoms with E-state index in [1.807, 2.05) is 25.4 Å². The van der Waals surface area contributed by atoms with Gasteiger partial charge < -0.3 is 19.6 Å². The van der Waals surface area contributed by atoms with Crippen LogP contribution in [-0.4, -0.2) is 85.0 Å². The molecule has 0 aromatic carbocycles. The molecule has 2 aliphatic rings. The summed E-state index contributed by atoms with van der Waals surface area (Å²) in [5.41, 5.74) is 0. The average Bonchev–Trinajstić information content (AvgIpc) is 3.27. The molecule has 25 heavy (non-hydrogen) atoms. The molecule has 0 bridgehead atoms. The number of nitrogens with zero attached hydrogens (tertiary/aromatic N) is 4. The number of rotatable bonds is 8. The van der Waals surface area contributed by atoms with Crippen molar-refractivity contribution in [2.24, 2.45) is 0 Å². The summed E-state index contributed by atoms with van der Waals surface area (Å²) in [6, 6.07) is 3.99. The maximum Gasteiger partial charge on any atom is 0.171 e. The lowest BCUT2D eigenvalue weighted by Crippen LogP contribution is -2.38. The van der Waals surface area contributed by atoms with Crippen LogP contribution in [0.3, 0.4) is 0 Å². The van der Waals surface area contributed by atoms with E-state index < -0.39 is 0 Å². The molecular formula is C19H32N4O2. The monoisotopic (exact) mass is 348 g/mol. The summed E-state index contributed by atoms with van der Waals surface area (Å²) in [7, 11) is 2.04. The molecular weight excluding hydrogens is 316 g/mol. The van der Waals surface area contributed by atoms with E-state index >= 15 is 0 Å². The van der Waals surface area contributed by atoms with Crippen molar-refractivity contribution in [3.8, 4) is 5.75 Å². The van der Waals surface area contributed by atoms with Gasteiger partial charge in [-0.15, -0.1) is 0 Å². The number of aromatic nitrogens is 1. The molecule has 1 N–H and O–H groups in total. The zero-order valence-corrected chi connectivity index (χ0v) is 15.6. The first-order valence-electron chi connectivity index (χ1n) is 9.61. The van der Waals surface area contributed by atoms with Crippen molar-refractivity contribution in [1.29, 1.82) is 0 Å². The van der Waals surface area contributed by atoms with Crippen LogP contribution in [0.1, 0.15) is 26.2 Å². The third-order valence-electron chi connectivity index (χ3n) is 5.21. The van der Waals surface area contributed by atoms with Gasteiger partial charge >= 0.3 is 0 Å². The van der Waals surface area contributed by atoms with Crippen molar-refractivity contribution >= 4 is 5.82 Å². The van der Waals surface area contributed by atoms with Gasteiger partial charge in [-0.1, -0.05) is 6.92 Å². The Morgan fingerprint density at radius 2 is 2.16 bits per heavy atom. The van der Waals surface area contributed by atoms with Crippen molar-refractivity contribution in [1.82, 2.24) is 14.8 Å². The highest BCUT2D eigenvalue weighted by Gasteiger charge is 2.27. The number of aliphatic hydroxyl groups excluding tert-OH is 1. The van der Waals surface area contributed by atoms with Crippen LogP contribution in [0.15, 0.2) is 18.3 Å². The van der Waals surface area contributed by atoms with Gasteiger partial charge in [-0.05, 0) is 45.0 Å². The van der Waals surface area contributed by atoms with Gasteiger partial charge in [-0.2, -0.15) is 0 Å². The zero-order valence-electron chi connectivity index (χ0n) is 15.6. The number of anilines is 1. The second kappa shape index (κ2) is 8.83. The van der Waals surface area contributed by atoms with Crippen molar-refractivity contribution in [2.45, 2.75) is 38.4 Å². The first-order chi connectivity index (χ1) is 12.2. The molecule has 6 nitrogen and oxygen atoms in total. The Morgan fingerprint density at radius 3 is 2.92 bits per heavy atom. The lowest BCUT2D eigenvalue weighted by atomic mass is 10.3. The lowest BCUT2D eigenvalue weighted by molar-refractivity contribution is 0.0873. The van der Waals surface area contributed by atoms with Crippen LogP contribution in [0.5, 0.6) is 5.75 Å². The molecule has 1 aromatic rings. The fourth-order valence-corrected chi connectivity index (χ4v) is 3.72. The van der Waals surface area contributed by atoms with Gasteiger partial charge in [-0.3, -0.25) is 4.90 Å². The number of β-amino-alcohol motifs (C(OH)–C–C–N with tert-alkyl or cyclic N) is 1. The molecule has 2 unspecified atom stereocenters. The first-order valence-corrected chi connectivity index (χ1v) is 9.61. The second-order valence-electron chi connectivity index (χ2n) is 7.32. The summed E-state index contributed by atoms with van der Waals surface area (Å²) in [6.45, 7) is 8.51. The fourth-order valence-electron chi connectivity index (χ4n) is 3.72. The summed E-state index contributed by atoms with van der Waals surface area (Å²) in [5.74, 6) is 1.89. The van der Waals surface area contributed by atoms with E-state index in [0.29, 0.717) is 0 Å². The second-order valence-corrected chi connectivity index (χ2v) is 7.32. The Hall–Kier alpha value is -1.37. The molecule has 3 rings (SSSR count). The van der Waals surface area contributed by atoms with Gasteiger partial charge in [0.2, 0.25) is 0 Å². The van der Waals surface area contributed by atoms with Gasteiger partial charge in [0.25, 0.3) is 0 Å². The summed E-state index contributed by atoms with van der Waals surface area (Å²) in [4.78, 5) is 11.3. The maximum absolute atomic E-state index is 10.2. The fraction of sp³-hybridized carbons (Fsp3) is 0.737. The molecule has 1 aromatic heterocycles. The van der Waals surface area contributed by atoms with Gasteiger partial charge in [-0.25, -0.2) is 4.98 Å². The maximum atomic E-state index is 10.2. The van der Waals surface area contributed by atoms with E-state index in [1.54, 1.807) is 0 Å². The van der Waals surface area contributed by atoms with Crippen molar-refractivity contribution in [2.75, 3.05) is 57.8 Å². The highest BCUT2D eigenvalue weighted by atomic mass is 16.5. The smallest absolute Gasteiger partial charge is 0.171 e. The summed E-state index contributed by atoms with van der Waals surface area (Å²) < 4.78 is 6.30. The number of hydrogen-bond donors (Lipinski definition) is 1. The van der Waals surface area contributed by atoms with E-state index in [1.165, 1.54) is 12.8 Å². The molecule has 2 saturated heterocycles. The molecule has 2 atom stereocenters. The van der Waals surface area contributed by atoms with E-state index in [4.69, 9.17) is 4.74 Å². The summed E-state index contributed by atoms with van der Waals surface area (Å²) in [5, 5.41) is 10.2. The van der Waals surface area contributed by atoms with Crippen LogP contribution in [0, 0.1) is 0 Å². The number of likely N-dealkylation sites (tertiary alicyclic amines) is 1. The number of hydrogen-bond acceptors (Lipinski definition) is 6. The molecule has 0 saturated carbocycles. The molecule has 3 heterocycles. The normalized spacial score (nSPS) is 22.7. The largest absolute Gasteiger partial charge is 0.485 e. The third-order valence-corrected chi connectivity index (χ3v) is 5.21. The van der Waals surface area contributed by atoms with Crippen LogP contribution in [-0.2, 0) is 0 Å². The Morgan fingerprint density at radius 1 is 1.36 bits per heavy atom. The van der Waals surface area contributed by atoms with Crippen LogP contribution in [0.2, 0.25) is 0 Å². The average molecular weight is 348 g/mol. The lowest BCUT2D eigenvalue weighted by Gasteiger charge is -2.24. The summed E-state index contributed by atoms with van der Waals surface area (Å²) >= 11 is 0. The van der Waals surface area contributed by atoms with Crippen molar-refractivity contribution in [3.63, 3.8) is 0 Å². The van der Waals surface area contributed by atoms with Crippen LogP contribution in [0.4, 0.5) is 5.82 Å². The highest BCUT2D eigenvalue weighted by Crippen LogP contribution is 2.30. The molecule has 2 fully saturated rings. The molecule has 0 amide bonds. The Bertz CT molecular complexity index is 536. The zero-order chi connectivity index (χ0) is 17.6. The topological polar surface area (TPSA) is 52.1 Å². The number of ether oxygens (including phenoxy) is 1. The standard InChI is InChI=1S/C19H32N4O2/c1-3-21(2)13-16(24)14-22-12-8-17(15-22)25-18-7-6-9-20-19(18)23-10-4-5-11-23/h6-7,9,16-17,24H,3-5,8,10-15H2,1-2H3. The van der Waals surface area contributed by atoms with E-state index in [2.05, 4.69) is 26.6 Å². The summed E-state index contributed by atoms with van der Waals surface area (Å²) in [6.07, 6.45) is 5.20. The third kappa shape index (κ3) is 5.06. The minimum absolute atomic E-state index is 0.182. The van der Waals surface area contributed by atoms with E-state index in [0.717, 1.165) is 63.8 Å². The van der Waals surface area contributed by atoms with Crippen molar-refractivity contribution < 1.29 is 9.84 Å². The van der Waals surface area contributed by atoms with E-state index in [9.17, 15) is 5.11 Å². The van der Waals surface area contributed by atoms with Gasteiger partial charge in [0.05, 0.1) is 6.10 Å². The Labute approximate surface area is 151 Å². The van der Waals surface area contributed by atoms with Crippen LogP contribution >= 0.6 is 0 Å². The Balaban J connectivity index is 1.52. The minimum Gasteiger partial charge on any atom is -0.485 e. The van der Waals surface area contributed by atoms with Crippen molar-refractivity contribution in [3.05, 3.63) is 18.3 Å². The van der Waals surface area contributed by atoms with Gasteiger partial charge in [0.1, 0.15) is 6.10 Å². The van der Waals surface area contributed by atoms with Crippen LogP contribution in [0.25, 0.3) is 0 Å². The highest BCUT2D eigenvalue weighted by molar-refractivity contribution is 5.52. The number of likely N-dealkylation sites (N-methyl/N-ethyl adjacent to an activating group) is 1. The van der Waals surface area contributed by atoms with Gasteiger partial charge in [0, 0.05) is 45.5 Å². The van der Waals surface area contributed by atoms with Crippen LogP contribution < -0.4 is 9.64 Å². The van der Waals surface area contributed by atoms with Gasteiger partial charge in [0.15, 0.2) is 11.6 Å². The van der Waals surface area contributed by atoms with E-state index in [-0.39, 0.29) is 12.2 Å². The number of pyridine rings is 1.